The monoisotopic (exact) mass is 318 g/mol. The molecule has 4 fully saturated rings. The van der Waals surface area contributed by atoms with E-state index in [-0.39, 0.29) is 0 Å². The normalized spacial score (nSPS) is 34.9. The van der Waals surface area contributed by atoms with Gasteiger partial charge in [0, 0.05) is 12.8 Å². The van der Waals surface area contributed by atoms with Crippen molar-refractivity contribution in [3.8, 4) is 0 Å². The van der Waals surface area contributed by atoms with Gasteiger partial charge in [0.1, 0.15) is 5.78 Å². The first kappa shape index (κ1) is 17.5. The number of hydrogen-bond acceptors (Lipinski definition) is 1. The maximum Gasteiger partial charge on any atom is 0.132 e. The Morgan fingerprint density at radius 1 is 0.783 bits per heavy atom. The van der Waals surface area contributed by atoms with Gasteiger partial charge in [0.25, 0.3) is 0 Å². The first-order valence-corrected chi connectivity index (χ1v) is 10.7. The summed E-state index contributed by atoms with van der Waals surface area (Å²) in [4.78, 5) is 11.8. The molecule has 0 amide bonds. The molecular formula is C22H38O. The lowest BCUT2D eigenvalue weighted by Gasteiger charge is -2.57. The summed E-state index contributed by atoms with van der Waals surface area (Å²) in [5, 5.41) is 0. The maximum absolute atomic E-state index is 11.8. The smallest absolute Gasteiger partial charge is 0.132 e. The van der Waals surface area contributed by atoms with Gasteiger partial charge in [-0.3, -0.25) is 4.79 Å². The molecule has 4 saturated carbocycles. The first-order valence-electron chi connectivity index (χ1n) is 10.7. The Morgan fingerprint density at radius 2 is 1.30 bits per heavy atom. The fourth-order valence-electron chi connectivity index (χ4n) is 6.47. The molecule has 0 unspecified atom stereocenters. The van der Waals surface area contributed by atoms with Gasteiger partial charge in [0.15, 0.2) is 0 Å². The van der Waals surface area contributed by atoms with Gasteiger partial charge in [-0.1, -0.05) is 39.0 Å². The summed E-state index contributed by atoms with van der Waals surface area (Å²) in [5.41, 5.74) is 0.769. The number of hydrogen-bond donors (Lipinski definition) is 0. The summed E-state index contributed by atoms with van der Waals surface area (Å²) in [7, 11) is 0. The maximum atomic E-state index is 11.8. The van der Waals surface area contributed by atoms with Crippen molar-refractivity contribution >= 4 is 5.78 Å². The van der Waals surface area contributed by atoms with Crippen molar-refractivity contribution in [1.29, 1.82) is 0 Å². The van der Waals surface area contributed by atoms with Gasteiger partial charge >= 0.3 is 0 Å². The molecule has 4 aliphatic rings. The highest BCUT2D eigenvalue weighted by atomic mass is 16.1. The molecule has 4 aliphatic carbocycles. The molecule has 0 spiro atoms. The Labute approximate surface area is 144 Å². The summed E-state index contributed by atoms with van der Waals surface area (Å²) in [6.45, 7) is 2.20. The van der Waals surface area contributed by atoms with Gasteiger partial charge in [0.05, 0.1) is 0 Å². The Morgan fingerprint density at radius 3 is 1.87 bits per heavy atom. The molecule has 0 aromatic carbocycles. The summed E-state index contributed by atoms with van der Waals surface area (Å²) in [6.07, 6.45) is 21.4. The Kier molecular flexibility index (Phi) is 6.21. The van der Waals surface area contributed by atoms with E-state index in [1.54, 1.807) is 38.5 Å². The van der Waals surface area contributed by atoms with Gasteiger partial charge < -0.3 is 0 Å². The molecule has 132 valence electrons. The predicted molar refractivity (Wildman–Crippen MR) is 97.5 cm³/mol. The minimum absolute atomic E-state index is 0.513. The molecule has 0 aromatic heterocycles. The summed E-state index contributed by atoms with van der Waals surface area (Å²) >= 11 is 0. The predicted octanol–water partition coefficient (Wildman–Crippen LogP) is 6.69. The van der Waals surface area contributed by atoms with Crippen LogP contribution in [0.25, 0.3) is 0 Å². The highest BCUT2D eigenvalue weighted by Gasteiger charge is 2.50. The minimum Gasteiger partial charge on any atom is -0.300 e. The zero-order valence-corrected chi connectivity index (χ0v) is 15.5. The summed E-state index contributed by atoms with van der Waals surface area (Å²) < 4.78 is 0. The lowest BCUT2D eigenvalue weighted by molar-refractivity contribution is -0.119. The van der Waals surface area contributed by atoms with Crippen LogP contribution in [0.15, 0.2) is 0 Å². The lowest BCUT2D eigenvalue weighted by atomic mass is 9.48. The van der Waals surface area contributed by atoms with Gasteiger partial charge in [-0.2, -0.15) is 0 Å². The molecule has 23 heavy (non-hydrogen) atoms. The molecule has 0 aliphatic heterocycles. The number of Topliss-reactive ketones (excluding diaryl/α,β-unsaturated/α-hetero) is 1. The van der Waals surface area contributed by atoms with E-state index in [4.69, 9.17) is 0 Å². The molecule has 0 atom stereocenters. The van der Waals surface area contributed by atoms with Crippen molar-refractivity contribution in [2.75, 3.05) is 0 Å². The number of ketones is 1. The molecule has 0 radical (unpaired) electrons. The average molecular weight is 319 g/mol. The van der Waals surface area contributed by atoms with E-state index in [1.165, 1.54) is 38.5 Å². The Balaban J connectivity index is 1.25. The largest absolute Gasteiger partial charge is 0.300 e. The molecule has 0 saturated heterocycles. The van der Waals surface area contributed by atoms with E-state index in [0.717, 1.165) is 48.9 Å². The van der Waals surface area contributed by atoms with Crippen molar-refractivity contribution in [2.45, 2.75) is 110 Å². The zero-order valence-electron chi connectivity index (χ0n) is 15.5. The molecule has 0 N–H and O–H groups in total. The second-order valence-electron chi connectivity index (χ2n) is 9.33. The third kappa shape index (κ3) is 4.83. The van der Waals surface area contributed by atoms with Crippen LogP contribution in [0.3, 0.4) is 0 Å². The van der Waals surface area contributed by atoms with Crippen LogP contribution in [0.2, 0.25) is 0 Å². The van der Waals surface area contributed by atoms with Crippen LogP contribution >= 0.6 is 0 Å². The van der Waals surface area contributed by atoms with E-state index in [9.17, 15) is 4.79 Å². The van der Waals surface area contributed by atoms with Gasteiger partial charge in [-0.05, 0) is 81.0 Å². The number of carbonyl (C=O) groups excluding carboxylic acids is 1. The Hall–Kier alpha value is -0.330. The van der Waals surface area contributed by atoms with Crippen LogP contribution in [0.1, 0.15) is 110 Å². The van der Waals surface area contributed by atoms with E-state index < -0.39 is 0 Å². The first-order chi connectivity index (χ1) is 11.2. The van der Waals surface area contributed by atoms with Crippen LogP contribution in [-0.2, 0) is 4.79 Å². The average Bonchev–Trinajstić information content (AvgIpc) is 2.49. The van der Waals surface area contributed by atoms with Crippen molar-refractivity contribution in [3.05, 3.63) is 0 Å². The second-order valence-corrected chi connectivity index (χ2v) is 9.33. The standard InChI is InChI=1S/C22H38O/c1-2-3-6-9-21(23)10-7-4-5-8-11-22-15-18-12-19(16-22)14-20(13-18)17-22/h18-20H,2-17H2,1H3. The zero-order chi connectivity index (χ0) is 16.1. The fraction of sp³-hybridized carbons (Fsp3) is 0.955. The lowest BCUT2D eigenvalue weighted by Crippen LogP contribution is -2.45. The molecule has 1 nitrogen and oxygen atoms in total. The second kappa shape index (κ2) is 8.17. The molecule has 4 rings (SSSR count). The van der Waals surface area contributed by atoms with Gasteiger partial charge in [-0.15, -0.1) is 0 Å². The van der Waals surface area contributed by atoms with E-state index in [2.05, 4.69) is 6.92 Å². The molecule has 0 heterocycles. The van der Waals surface area contributed by atoms with Crippen molar-refractivity contribution in [1.82, 2.24) is 0 Å². The van der Waals surface area contributed by atoms with Gasteiger partial charge in [-0.25, -0.2) is 0 Å². The number of rotatable bonds is 11. The van der Waals surface area contributed by atoms with E-state index in [1.807, 2.05) is 0 Å². The van der Waals surface area contributed by atoms with E-state index in [0.29, 0.717) is 5.78 Å². The topological polar surface area (TPSA) is 17.1 Å². The Bertz CT molecular complexity index is 348. The van der Waals surface area contributed by atoms with Crippen molar-refractivity contribution < 1.29 is 4.79 Å². The molecular weight excluding hydrogens is 280 g/mol. The van der Waals surface area contributed by atoms with E-state index >= 15 is 0 Å². The van der Waals surface area contributed by atoms with Crippen LogP contribution in [0.5, 0.6) is 0 Å². The fourth-order valence-corrected chi connectivity index (χ4v) is 6.47. The van der Waals surface area contributed by atoms with Crippen molar-refractivity contribution in [3.63, 3.8) is 0 Å². The molecule has 1 heteroatoms. The highest BCUT2D eigenvalue weighted by Crippen LogP contribution is 2.61. The SMILES string of the molecule is CCCCCC(=O)CCCCCCC12CC3CC(CC(C3)C1)C2. The minimum atomic E-state index is 0.513. The van der Waals surface area contributed by atoms with Gasteiger partial charge in [0.2, 0.25) is 0 Å². The third-order valence-corrected chi connectivity index (χ3v) is 7.14. The summed E-state index contributed by atoms with van der Waals surface area (Å²) in [6, 6.07) is 0. The summed E-state index contributed by atoms with van der Waals surface area (Å²) in [5.74, 6) is 3.81. The third-order valence-electron chi connectivity index (χ3n) is 7.14. The number of carbonyl (C=O) groups is 1. The van der Waals surface area contributed by atoms with Crippen molar-refractivity contribution in [2.24, 2.45) is 23.2 Å². The number of unbranched alkanes of at least 4 members (excludes halogenated alkanes) is 5. The highest BCUT2D eigenvalue weighted by molar-refractivity contribution is 5.78. The molecule has 4 bridgehead atoms. The van der Waals surface area contributed by atoms with Crippen LogP contribution in [-0.4, -0.2) is 5.78 Å². The van der Waals surface area contributed by atoms with Crippen LogP contribution in [0, 0.1) is 23.2 Å². The van der Waals surface area contributed by atoms with Crippen LogP contribution in [0.4, 0.5) is 0 Å². The molecule has 0 aromatic rings. The van der Waals surface area contributed by atoms with Crippen LogP contribution < -0.4 is 0 Å². The quantitative estimate of drug-likeness (QED) is 0.388.